The second-order valence-electron chi connectivity index (χ2n) is 3.36. The summed E-state index contributed by atoms with van der Waals surface area (Å²) in [5.41, 5.74) is 2.01. The third kappa shape index (κ3) is 1.67. The van der Waals surface area contributed by atoms with E-state index < -0.39 is 0 Å². The van der Waals surface area contributed by atoms with Crippen LogP contribution in [0, 0.1) is 0 Å². The molecule has 0 fully saturated rings. The molecule has 2 aromatic rings. The van der Waals surface area contributed by atoms with Crippen LogP contribution < -0.4 is 4.72 Å². The molecular weight excluding hydrogens is 218 g/mol. The number of aliphatic imine (C=N–C) groups is 1. The van der Waals surface area contributed by atoms with Crippen molar-refractivity contribution in [3.8, 4) is 0 Å². The minimum absolute atomic E-state index is 0.881. The van der Waals surface area contributed by atoms with Gasteiger partial charge in [0.15, 0.2) is 0 Å². The first-order valence-electron chi connectivity index (χ1n) is 4.95. The summed E-state index contributed by atoms with van der Waals surface area (Å²) in [4.78, 5) is 8.78. The molecule has 1 aromatic heterocycles. The third-order valence-electron chi connectivity index (χ3n) is 2.27. The van der Waals surface area contributed by atoms with Crippen LogP contribution in [0.2, 0.25) is 0 Å². The lowest BCUT2D eigenvalue weighted by molar-refractivity contribution is 1.10. The molecular formula is C12H9N3S. The fourth-order valence-electron chi connectivity index (χ4n) is 1.51. The normalized spacial score (nSPS) is 13.6. The molecule has 0 bridgehead atoms. The minimum atomic E-state index is 0.881. The van der Waals surface area contributed by atoms with Crippen LogP contribution in [0.1, 0.15) is 5.56 Å². The molecule has 0 unspecified atom stereocenters. The van der Waals surface area contributed by atoms with E-state index in [9.17, 15) is 0 Å². The van der Waals surface area contributed by atoms with E-state index in [4.69, 9.17) is 0 Å². The zero-order valence-corrected chi connectivity index (χ0v) is 9.24. The van der Waals surface area contributed by atoms with Gasteiger partial charge in [-0.15, -0.1) is 0 Å². The highest BCUT2D eigenvalue weighted by Crippen LogP contribution is 2.29. The second kappa shape index (κ2) is 3.98. The number of benzene rings is 1. The summed E-state index contributed by atoms with van der Waals surface area (Å²) in [7, 11) is 0. The van der Waals surface area contributed by atoms with Gasteiger partial charge in [-0.3, -0.25) is 0 Å². The van der Waals surface area contributed by atoms with E-state index in [0.717, 1.165) is 22.1 Å². The lowest BCUT2D eigenvalue weighted by Gasteiger charge is -2.15. The predicted octanol–water partition coefficient (Wildman–Crippen LogP) is 2.77. The highest BCUT2D eigenvalue weighted by atomic mass is 32.2. The van der Waals surface area contributed by atoms with Gasteiger partial charge in [-0.25, -0.2) is 9.98 Å². The topological polar surface area (TPSA) is 37.3 Å². The van der Waals surface area contributed by atoms with Gasteiger partial charge >= 0.3 is 0 Å². The van der Waals surface area contributed by atoms with Crippen LogP contribution in [-0.2, 0) is 0 Å². The van der Waals surface area contributed by atoms with E-state index in [1.54, 1.807) is 6.20 Å². The Kier molecular flexibility index (Phi) is 2.34. The van der Waals surface area contributed by atoms with Gasteiger partial charge in [0.05, 0.1) is 5.69 Å². The maximum absolute atomic E-state index is 4.54. The summed E-state index contributed by atoms with van der Waals surface area (Å²) < 4.78 is 3.20. The Morgan fingerprint density at radius 1 is 1.00 bits per heavy atom. The van der Waals surface area contributed by atoms with Gasteiger partial charge in [0.25, 0.3) is 0 Å². The molecule has 78 valence electrons. The molecule has 1 N–H and O–H groups in total. The number of amidine groups is 1. The number of nitrogens with one attached hydrogen (secondary N) is 1. The van der Waals surface area contributed by atoms with Crippen molar-refractivity contribution in [3.63, 3.8) is 0 Å². The Hall–Kier alpha value is -1.81. The van der Waals surface area contributed by atoms with Gasteiger partial charge in [0, 0.05) is 23.7 Å². The summed E-state index contributed by atoms with van der Waals surface area (Å²) in [5.74, 6) is 0.881. The maximum Gasteiger partial charge on any atom is 0.144 e. The Labute approximate surface area is 97.8 Å². The zero-order valence-electron chi connectivity index (χ0n) is 8.42. The summed E-state index contributed by atoms with van der Waals surface area (Å²) in [6.45, 7) is 0. The molecule has 4 heteroatoms. The lowest BCUT2D eigenvalue weighted by atomic mass is 10.2. The molecule has 3 rings (SSSR count). The largest absolute Gasteiger partial charge is 0.308 e. The average molecular weight is 227 g/mol. The number of nitrogens with zero attached hydrogens (tertiary/aromatic N) is 2. The van der Waals surface area contributed by atoms with Crippen LogP contribution in [0.4, 0.5) is 5.69 Å². The second-order valence-corrected chi connectivity index (χ2v) is 4.15. The van der Waals surface area contributed by atoms with E-state index in [-0.39, 0.29) is 0 Å². The molecule has 1 aliphatic heterocycles. The monoisotopic (exact) mass is 227 g/mol. The van der Waals surface area contributed by atoms with Crippen molar-refractivity contribution in [1.29, 1.82) is 0 Å². The quantitative estimate of drug-likeness (QED) is 0.761. The molecule has 0 spiro atoms. The van der Waals surface area contributed by atoms with E-state index in [0.29, 0.717) is 0 Å². The minimum Gasteiger partial charge on any atom is -0.308 e. The number of fused-ring (bicyclic) bond motifs is 1. The van der Waals surface area contributed by atoms with Gasteiger partial charge in [-0.2, -0.15) is 0 Å². The Morgan fingerprint density at radius 2 is 1.88 bits per heavy atom. The van der Waals surface area contributed by atoms with Crippen molar-refractivity contribution in [2.24, 2.45) is 4.99 Å². The van der Waals surface area contributed by atoms with Crippen molar-refractivity contribution in [3.05, 3.63) is 54.2 Å². The fraction of sp³-hybridized carbons (Fsp3) is 0. The van der Waals surface area contributed by atoms with E-state index in [1.807, 2.05) is 42.5 Å². The molecule has 2 heterocycles. The van der Waals surface area contributed by atoms with Crippen LogP contribution in [0.25, 0.3) is 0 Å². The van der Waals surface area contributed by atoms with E-state index in [1.165, 1.54) is 11.9 Å². The lowest BCUT2D eigenvalue weighted by Crippen LogP contribution is -2.19. The van der Waals surface area contributed by atoms with Crippen LogP contribution in [0.5, 0.6) is 0 Å². The number of pyridine rings is 1. The molecule has 16 heavy (non-hydrogen) atoms. The Bertz CT molecular complexity index is 537. The molecule has 0 aliphatic carbocycles. The first-order valence-corrected chi connectivity index (χ1v) is 5.77. The van der Waals surface area contributed by atoms with E-state index >= 15 is 0 Å². The molecule has 1 aliphatic rings. The predicted molar refractivity (Wildman–Crippen MR) is 65.9 cm³/mol. The SMILES string of the molecule is c1ccc(C2=Nc3cccnc3SN2)cc1. The zero-order chi connectivity index (χ0) is 10.8. The summed E-state index contributed by atoms with van der Waals surface area (Å²) >= 11 is 1.50. The smallest absolute Gasteiger partial charge is 0.144 e. The molecule has 3 nitrogen and oxygen atoms in total. The molecule has 0 atom stereocenters. The van der Waals surface area contributed by atoms with Crippen LogP contribution >= 0.6 is 11.9 Å². The number of hydrogen-bond acceptors (Lipinski definition) is 4. The Balaban J connectivity index is 2.04. The first kappa shape index (κ1) is 9.42. The van der Waals surface area contributed by atoms with Crippen LogP contribution in [0.3, 0.4) is 0 Å². The van der Waals surface area contributed by atoms with Gasteiger partial charge in [0.1, 0.15) is 10.9 Å². The molecule has 0 radical (unpaired) electrons. The third-order valence-corrected chi connectivity index (χ3v) is 3.08. The van der Waals surface area contributed by atoms with Crippen molar-refractivity contribution in [2.75, 3.05) is 0 Å². The van der Waals surface area contributed by atoms with Gasteiger partial charge in [-0.1, -0.05) is 30.3 Å². The standard InChI is InChI=1S/C12H9N3S/c1-2-5-9(6-3-1)11-14-10-7-4-8-13-12(10)16-15-11/h1-8H,(H,14,15). The first-order chi connectivity index (χ1) is 7.93. The van der Waals surface area contributed by atoms with Crippen molar-refractivity contribution >= 4 is 23.5 Å². The highest BCUT2D eigenvalue weighted by Gasteiger charge is 2.13. The van der Waals surface area contributed by atoms with Crippen molar-refractivity contribution in [2.45, 2.75) is 5.03 Å². The van der Waals surface area contributed by atoms with Gasteiger partial charge in [0.2, 0.25) is 0 Å². The van der Waals surface area contributed by atoms with Crippen molar-refractivity contribution < 1.29 is 0 Å². The van der Waals surface area contributed by atoms with E-state index in [2.05, 4.69) is 14.7 Å². The fourth-order valence-corrected chi connectivity index (χ4v) is 2.19. The molecule has 1 aromatic carbocycles. The Morgan fingerprint density at radius 3 is 2.75 bits per heavy atom. The molecule has 0 saturated carbocycles. The summed E-state index contributed by atoms with van der Waals surface area (Å²) in [5, 5.41) is 0.919. The summed E-state index contributed by atoms with van der Waals surface area (Å²) in [6.07, 6.45) is 1.77. The average Bonchev–Trinajstić information content (AvgIpc) is 2.39. The van der Waals surface area contributed by atoms with Crippen LogP contribution in [-0.4, -0.2) is 10.8 Å². The van der Waals surface area contributed by atoms with Gasteiger partial charge in [-0.05, 0) is 12.1 Å². The highest BCUT2D eigenvalue weighted by molar-refractivity contribution is 7.98. The summed E-state index contributed by atoms with van der Waals surface area (Å²) in [6, 6.07) is 13.9. The maximum atomic E-state index is 4.54. The van der Waals surface area contributed by atoms with Crippen molar-refractivity contribution in [1.82, 2.24) is 9.71 Å². The number of rotatable bonds is 1. The number of aromatic nitrogens is 1. The van der Waals surface area contributed by atoms with Gasteiger partial charge < -0.3 is 4.72 Å². The number of hydrogen-bond donors (Lipinski definition) is 1. The molecule has 0 amide bonds. The molecule has 0 saturated heterocycles. The van der Waals surface area contributed by atoms with Crippen LogP contribution in [0.15, 0.2) is 58.7 Å².